The van der Waals surface area contributed by atoms with Crippen LogP contribution in [0.2, 0.25) is 0 Å². The van der Waals surface area contributed by atoms with Gasteiger partial charge in [-0.1, -0.05) is 13.8 Å². The highest BCUT2D eigenvalue weighted by molar-refractivity contribution is 5.97. The summed E-state index contributed by atoms with van der Waals surface area (Å²) < 4.78 is 1.51. The molecule has 3 N–H and O–H groups in total. The van der Waals surface area contributed by atoms with E-state index in [9.17, 15) is 9.90 Å². The second-order valence-corrected chi connectivity index (χ2v) is 5.03. The number of aliphatic hydroxyl groups is 1. The van der Waals surface area contributed by atoms with Crippen LogP contribution < -0.4 is 5.73 Å². The van der Waals surface area contributed by atoms with Crippen LogP contribution >= 0.6 is 0 Å². The molecule has 2 heterocycles. The lowest BCUT2D eigenvalue weighted by molar-refractivity contribution is -0.111. The smallest absolute Gasteiger partial charge is 0.276 e. The van der Waals surface area contributed by atoms with Crippen LogP contribution in [0, 0.1) is 5.92 Å². The van der Waals surface area contributed by atoms with Crippen LogP contribution in [0.1, 0.15) is 24.3 Å². The van der Waals surface area contributed by atoms with Crippen LogP contribution in [-0.4, -0.2) is 44.4 Å². The third-order valence-electron chi connectivity index (χ3n) is 3.35. The average Bonchev–Trinajstić information content (AvgIpc) is 2.51. The van der Waals surface area contributed by atoms with Crippen LogP contribution in [0.4, 0.5) is 5.69 Å². The Bertz CT molecular complexity index is 446. The maximum Gasteiger partial charge on any atom is 0.276 e. The largest absolute Gasteiger partial charge is 0.396 e. The molecule has 6 heteroatoms. The number of amides is 1. The van der Waals surface area contributed by atoms with Crippen molar-refractivity contribution in [3.8, 4) is 0 Å². The Labute approximate surface area is 100 Å². The lowest BCUT2D eigenvalue weighted by atomic mass is 9.83. The van der Waals surface area contributed by atoms with Gasteiger partial charge in [0.15, 0.2) is 5.69 Å². The lowest BCUT2D eigenvalue weighted by Crippen LogP contribution is -2.66. The van der Waals surface area contributed by atoms with Gasteiger partial charge in [-0.2, -0.15) is 5.10 Å². The maximum atomic E-state index is 12.0. The van der Waals surface area contributed by atoms with E-state index in [4.69, 9.17) is 5.73 Å². The van der Waals surface area contributed by atoms with E-state index in [1.807, 2.05) is 13.8 Å². The topological polar surface area (TPSA) is 84.4 Å². The number of likely N-dealkylation sites (tertiary alicyclic amines) is 1. The van der Waals surface area contributed by atoms with E-state index in [2.05, 4.69) is 5.10 Å². The molecule has 1 amide bonds. The van der Waals surface area contributed by atoms with Crippen molar-refractivity contribution in [3.63, 3.8) is 0 Å². The quantitative estimate of drug-likeness (QED) is 0.750. The highest BCUT2D eigenvalue weighted by Crippen LogP contribution is 2.30. The molecular weight excluding hydrogens is 220 g/mol. The Hall–Kier alpha value is -1.56. The normalized spacial score (nSPS) is 18.3. The van der Waals surface area contributed by atoms with Gasteiger partial charge in [0.05, 0.1) is 18.8 Å². The van der Waals surface area contributed by atoms with Crippen molar-refractivity contribution >= 4 is 11.6 Å². The van der Waals surface area contributed by atoms with E-state index in [1.165, 1.54) is 4.68 Å². The lowest BCUT2D eigenvalue weighted by Gasteiger charge is -2.48. The fraction of sp³-hybridized carbons (Fsp3) is 0.636. The summed E-state index contributed by atoms with van der Waals surface area (Å²) in [5.41, 5.74) is 5.56. The third kappa shape index (κ3) is 1.88. The van der Waals surface area contributed by atoms with Crippen LogP contribution in [0.3, 0.4) is 0 Å². The number of anilines is 1. The summed E-state index contributed by atoms with van der Waals surface area (Å²) in [5.74, 6) is -0.0824. The summed E-state index contributed by atoms with van der Waals surface area (Å²) in [5, 5.41) is 14.1. The molecule has 1 saturated heterocycles. The van der Waals surface area contributed by atoms with Crippen molar-refractivity contribution in [2.45, 2.75) is 19.4 Å². The Balaban J connectivity index is 2.08. The summed E-state index contributed by atoms with van der Waals surface area (Å²) in [6, 6.07) is 0. The van der Waals surface area contributed by atoms with Crippen molar-refractivity contribution in [2.75, 3.05) is 18.8 Å². The Kier molecular flexibility index (Phi) is 2.61. The van der Waals surface area contributed by atoms with Gasteiger partial charge in [0.1, 0.15) is 5.60 Å². The molecule has 0 aliphatic carbocycles. The number of aryl methyl sites for hydroxylation is 1. The first-order chi connectivity index (χ1) is 7.83. The summed E-state index contributed by atoms with van der Waals surface area (Å²) in [7, 11) is 1.72. The van der Waals surface area contributed by atoms with Crippen LogP contribution in [-0.2, 0) is 7.05 Å². The minimum Gasteiger partial charge on any atom is -0.396 e. The number of nitrogen functional groups attached to an aromatic ring is 1. The molecule has 0 unspecified atom stereocenters. The highest BCUT2D eigenvalue weighted by atomic mass is 16.3. The number of carbonyl (C=O) groups excluding carboxylic acids is 1. The first-order valence-electron chi connectivity index (χ1n) is 5.64. The molecular formula is C11H18N4O2. The minimum atomic E-state index is -0.765. The molecule has 0 spiro atoms. The monoisotopic (exact) mass is 238 g/mol. The molecule has 1 aliphatic heterocycles. The Morgan fingerprint density at radius 3 is 2.59 bits per heavy atom. The molecule has 0 atom stereocenters. The van der Waals surface area contributed by atoms with Gasteiger partial charge in [0.2, 0.25) is 0 Å². The molecule has 0 saturated carbocycles. The van der Waals surface area contributed by atoms with Gasteiger partial charge in [-0.25, -0.2) is 0 Å². The van der Waals surface area contributed by atoms with Crippen molar-refractivity contribution in [2.24, 2.45) is 13.0 Å². The van der Waals surface area contributed by atoms with Crippen molar-refractivity contribution in [3.05, 3.63) is 11.9 Å². The zero-order chi connectivity index (χ0) is 12.8. The number of carbonyl (C=O) groups is 1. The average molecular weight is 238 g/mol. The first-order valence-corrected chi connectivity index (χ1v) is 5.64. The number of rotatable bonds is 2. The molecule has 0 radical (unpaired) electrons. The van der Waals surface area contributed by atoms with Gasteiger partial charge >= 0.3 is 0 Å². The zero-order valence-corrected chi connectivity index (χ0v) is 10.3. The van der Waals surface area contributed by atoms with Crippen LogP contribution in [0.5, 0.6) is 0 Å². The van der Waals surface area contributed by atoms with Crippen LogP contribution in [0.15, 0.2) is 6.20 Å². The SMILES string of the molecule is CC(C)C1(O)CN(C(=O)c2nn(C)cc2N)C1. The van der Waals surface area contributed by atoms with Crippen LogP contribution in [0.25, 0.3) is 0 Å². The van der Waals surface area contributed by atoms with E-state index in [0.29, 0.717) is 18.8 Å². The van der Waals surface area contributed by atoms with Gasteiger partial charge in [-0.3, -0.25) is 9.48 Å². The summed E-state index contributed by atoms with van der Waals surface area (Å²) in [6.45, 7) is 4.58. The minimum absolute atomic E-state index is 0.132. The predicted octanol–water partition coefficient (Wildman–Crippen LogP) is -0.155. The standard InChI is InChI=1S/C11H18N4O2/c1-7(2)11(17)5-15(6-11)10(16)9-8(12)4-14(3)13-9/h4,7,17H,5-6,12H2,1-3H3. The molecule has 1 aromatic heterocycles. The molecule has 2 rings (SSSR count). The van der Waals surface area contributed by atoms with Gasteiger partial charge in [0.25, 0.3) is 5.91 Å². The second kappa shape index (κ2) is 3.73. The number of hydrogen-bond donors (Lipinski definition) is 2. The number of hydrogen-bond acceptors (Lipinski definition) is 4. The van der Waals surface area contributed by atoms with Gasteiger partial charge in [0, 0.05) is 13.2 Å². The summed E-state index contributed by atoms with van der Waals surface area (Å²) >= 11 is 0. The Morgan fingerprint density at radius 2 is 2.18 bits per heavy atom. The maximum absolute atomic E-state index is 12.0. The molecule has 17 heavy (non-hydrogen) atoms. The fourth-order valence-corrected chi connectivity index (χ4v) is 1.95. The predicted molar refractivity (Wildman–Crippen MR) is 63.3 cm³/mol. The molecule has 1 aliphatic rings. The van der Waals surface area contributed by atoms with Gasteiger partial charge in [-0.15, -0.1) is 0 Å². The molecule has 6 nitrogen and oxygen atoms in total. The van der Waals surface area contributed by atoms with E-state index >= 15 is 0 Å². The number of nitrogens with zero attached hydrogens (tertiary/aromatic N) is 3. The number of nitrogens with two attached hydrogens (primary N) is 1. The summed E-state index contributed by atoms with van der Waals surface area (Å²) in [4.78, 5) is 13.6. The van der Waals surface area contributed by atoms with Crippen molar-refractivity contribution in [1.29, 1.82) is 0 Å². The highest BCUT2D eigenvalue weighted by Gasteiger charge is 2.46. The molecule has 1 aromatic rings. The number of aromatic nitrogens is 2. The molecule has 1 fully saturated rings. The number of β-amino-alcohol motifs (C(OH)–C–C–N with tert-alkyl or cyclic N) is 1. The fourth-order valence-electron chi connectivity index (χ4n) is 1.95. The van der Waals surface area contributed by atoms with E-state index in [1.54, 1.807) is 18.1 Å². The van der Waals surface area contributed by atoms with E-state index in [-0.39, 0.29) is 17.5 Å². The molecule has 94 valence electrons. The Morgan fingerprint density at radius 1 is 1.59 bits per heavy atom. The van der Waals surface area contributed by atoms with Crippen molar-refractivity contribution < 1.29 is 9.90 Å². The van der Waals surface area contributed by atoms with E-state index in [0.717, 1.165) is 0 Å². The summed E-state index contributed by atoms with van der Waals surface area (Å²) in [6.07, 6.45) is 1.60. The second-order valence-electron chi connectivity index (χ2n) is 5.03. The van der Waals surface area contributed by atoms with Crippen molar-refractivity contribution in [1.82, 2.24) is 14.7 Å². The molecule has 0 aromatic carbocycles. The van der Waals surface area contributed by atoms with Gasteiger partial charge in [-0.05, 0) is 5.92 Å². The van der Waals surface area contributed by atoms with Gasteiger partial charge < -0.3 is 15.7 Å². The molecule has 0 bridgehead atoms. The third-order valence-corrected chi connectivity index (χ3v) is 3.35. The first kappa shape index (κ1) is 11.9. The zero-order valence-electron chi connectivity index (χ0n) is 10.3. The van der Waals surface area contributed by atoms with E-state index < -0.39 is 5.60 Å².